The molecule has 1 saturated heterocycles. The van der Waals surface area contributed by atoms with Crippen LogP contribution in [0.1, 0.15) is 23.2 Å². The van der Waals surface area contributed by atoms with Gasteiger partial charge >= 0.3 is 5.97 Å². The van der Waals surface area contributed by atoms with Gasteiger partial charge in [0, 0.05) is 16.7 Å². The third-order valence-electron chi connectivity index (χ3n) is 3.29. The first-order valence-corrected chi connectivity index (χ1v) is 7.42. The van der Waals surface area contributed by atoms with Crippen molar-refractivity contribution in [2.45, 2.75) is 12.8 Å². The van der Waals surface area contributed by atoms with Crippen molar-refractivity contribution in [1.29, 1.82) is 0 Å². The van der Waals surface area contributed by atoms with E-state index in [0.717, 1.165) is 3.57 Å². The van der Waals surface area contributed by atoms with E-state index in [1.165, 1.54) is 0 Å². The van der Waals surface area contributed by atoms with E-state index in [9.17, 15) is 9.59 Å². The number of nitrogens with zero attached hydrogens (tertiary/aromatic N) is 1. The summed E-state index contributed by atoms with van der Waals surface area (Å²) in [6.07, 6.45) is 1.01. The molecule has 102 valence electrons. The SMILES string of the molecule is O=C(O)C1CCN(C(=O)c2ccc(I)cc2Cl)CC1. The highest BCUT2D eigenvalue weighted by atomic mass is 127. The Bertz CT molecular complexity index is 513. The number of aliphatic carboxylic acids is 1. The van der Waals surface area contributed by atoms with Crippen molar-refractivity contribution in [2.75, 3.05) is 13.1 Å². The molecule has 0 radical (unpaired) electrons. The van der Waals surface area contributed by atoms with Gasteiger partial charge in [0.15, 0.2) is 0 Å². The van der Waals surface area contributed by atoms with Gasteiger partial charge < -0.3 is 10.0 Å². The molecule has 0 aromatic heterocycles. The summed E-state index contributed by atoms with van der Waals surface area (Å²) in [7, 11) is 0. The molecule has 1 aromatic rings. The number of amides is 1. The van der Waals surface area contributed by atoms with Crippen molar-refractivity contribution in [1.82, 2.24) is 4.90 Å². The van der Waals surface area contributed by atoms with Crippen molar-refractivity contribution in [3.63, 3.8) is 0 Å². The monoisotopic (exact) mass is 393 g/mol. The van der Waals surface area contributed by atoms with E-state index in [-0.39, 0.29) is 11.8 Å². The molecule has 0 spiro atoms. The zero-order chi connectivity index (χ0) is 14.0. The Morgan fingerprint density at radius 1 is 1.32 bits per heavy atom. The number of rotatable bonds is 2. The first kappa shape index (κ1) is 14.6. The van der Waals surface area contributed by atoms with Gasteiger partial charge in [0.1, 0.15) is 0 Å². The number of carboxylic acid groups (broad SMARTS) is 1. The van der Waals surface area contributed by atoms with E-state index in [1.807, 2.05) is 6.07 Å². The van der Waals surface area contributed by atoms with Gasteiger partial charge in [-0.3, -0.25) is 9.59 Å². The van der Waals surface area contributed by atoms with E-state index in [2.05, 4.69) is 22.6 Å². The van der Waals surface area contributed by atoms with Gasteiger partial charge in [0.2, 0.25) is 0 Å². The summed E-state index contributed by atoms with van der Waals surface area (Å²) in [5.74, 6) is -1.24. The van der Waals surface area contributed by atoms with Gasteiger partial charge in [-0.1, -0.05) is 11.6 Å². The fraction of sp³-hybridized carbons (Fsp3) is 0.385. The van der Waals surface area contributed by atoms with Gasteiger partial charge in [-0.2, -0.15) is 0 Å². The normalized spacial score (nSPS) is 16.4. The van der Waals surface area contributed by atoms with Crippen LogP contribution in [0.5, 0.6) is 0 Å². The topological polar surface area (TPSA) is 57.6 Å². The number of carbonyl (C=O) groups excluding carboxylic acids is 1. The van der Waals surface area contributed by atoms with Crippen LogP contribution in [0.2, 0.25) is 5.02 Å². The highest BCUT2D eigenvalue weighted by molar-refractivity contribution is 14.1. The minimum atomic E-state index is -0.778. The molecule has 0 saturated carbocycles. The average molecular weight is 394 g/mol. The summed E-state index contributed by atoms with van der Waals surface area (Å²) in [4.78, 5) is 24.8. The summed E-state index contributed by atoms with van der Waals surface area (Å²) in [5.41, 5.74) is 0.482. The Morgan fingerprint density at radius 3 is 2.47 bits per heavy atom. The number of halogens is 2. The lowest BCUT2D eigenvalue weighted by Gasteiger charge is -2.30. The minimum Gasteiger partial charge on any atom is -0.481 e. The number of likely N-dealkylation sites (tertiary alicyclic amines) is 1. The molecule has 1 N–H and O–H groups in total. The summed E-state index contributed by atoms with van der Waals surface area (Å²) >= 11 is 8.21. The van der Waals surface area contributed by atoms with Crippen LogP contribution in [0.15, 0.2) is 18.2 Å². The smallest absolute Gasteiger partial charge is 0.306 e. The fourth-order valence-corrected chi connectivity index (χ4v) is 3.10. The summed E-state index contributed by atoms with van der Waals surface area (Å²) < 4.78 is 0.976. The Morgan fingerprint density at radius 2 is 1.95 bits per heavy atom. The number of carboxylic acids is 1. The first-order chi connectivity index (χ1) is 8.99. The summed E-state index contributed by atoms with van der Waals surface area (Å²) in [6, 6.07) is 5.30. The molecular formula is C13H13ClINO3. The molecule has 1 fully saturated rings. The zero-order valence-electron chi connectivity index (χ0n) is 10.1. The molecule has 6 heteroatoms. The highest BCUT2D eigenvalue weighted by Crippen LogP contribution is 2.24. The molecular weight excluding hydrogens is 381 g/mol. The minimum absolute atomic E-state index is 0.120. The van der Waals surface area contributed by atoms with Crippen molar-refractivity contribution in [2.24, 2.45) is 5.92 Å². The lowest BCUT2D eigenvalue weighted by Crippen LogP contribution is -2.40. The standard InChI is InChI=1S/C13H13ClINO3/c14-11-7-9(15)1-2-10(11)12(17)16-5-3-8(4-6-16)13(18)19/h1-2,7-8H,3-6H2,(H,18,19). The average Bonchev–Trinajstić information content (AvgIpc) is 2.38. The van der Waals surface area contributed by atoms with Crippen LogP contribution in [-0.4, -0.2) is 35.0 Å². The molecule has 1 aliphatic heterocycles. The molecule has 0 atom stereocenters. The van der Waals surface area contributed by atoms with Crippen molar-refractivity contribution in [3.8, 4) is 0 Å². The molecule has 1 aromatic carbocycles. The zero-order valence-corrected chi connectivity index (χ0v) is 13.0. The van der Waals surface area contributed by atoms with E-state index in [1.54, 1.807) is 17.0 Å². The lowest BCUT2D eigenvalue weighted by atomic mass is 9.96. The van der Waals surface area contributed by atoms with E-state index >= 15 is 0 Å². The van der Waals surface area contributed by atoms with Crippen LogP contribution in [0.25, 0.3) is 0 Å². The molecule has 0 unspecified atom stereocenters. The number of hydrogen-bond acceptors (Lipinski definition) is 2. The Hall–Kier alpha value is -0.820. The van der Waals surface area contributed by atoms with Gasteiger partial charge in [-0.25, -0.2) is 0 Å². The lowest BCUT2D eigenvalue weighted by molar-refractivity contribution is -0.143. The van der Waals surface area contributed by atoms with Crippen LogP contribution < -0.4 is 0 Å². The van der Waals surface area contributed by atoms with Crippen LogP contribution in [0, 0.1) is 9.49 Å². The molecule has 1 aliphatic rings. The van der Waals surface area contributed by atoms with E-state index in [4.69, 9.17) is 16.7 Å². The predicted octanol–water partition coefficient (Wildman–Crippen LogP) is 2.88. The maximum atomic E-state index is 12.3. The van der Waals surface area contributed by atoms with Crippen LogP contribution in [-0.2, 0) is 4.79 Å². The number of benzene rings is 1. The third kappa shape index (κ3) is 3.39. The van der Waals surface area contributed by atoms with Crippen molar-refractivity contribution < 1.29 is 14.7 Å². The van der Waals surface area contributed by atoms with Gasteiger partial charge in [0.25, 0.3) is 5.91 Å². The van der Waals surface area contributed by atoms with Gasteiger partial charge in [0.05, 0.1) is 16.5 Å². The maximum Gasteiger partial charge on any atom is 0.306 e. The number of carbonyl (C=O) groups is 2. The second-order valence-electron chi connectivity index (χ2n) is 4.53. The van der Waals surface area contributed by atoms with Crippen molar-refractivity contribution in [3.05, 3.63) is 32.4 Å². The van der Waals surface area contributed by atoms with Crippen molar-refractivity contribution >= 4 is 46.1 Å². The quantitative estimate of drug-likeness (QED) is 0.786. The molecule has 19 heavy (non-hydrogen) atoms. The van der Waals surface area contributed by atoms with Crippen LogP contribution in [0.4, 0.5) is 0 Å². The summed E-state index contributed by atoms with van der Waals surface area (Å²) in [5, 5.41) is 9.37. The Kier molecular flexibility index (Phi) is 4.67. The highest BCUT2D eigenvalue weighted by Gasteiger charge is 2.28. The predicted molar refractivity (Wildman–Crippen MR) is 80.4 cm³/mol. The van der Waals surface area contributed by atoms with E-state index < -0.39 is 5.97 Å². The molecule has 1 heterocycles. The Balaban J connectivity index is 2.07. The van der Waals surface area contributed by atoms with E-state index in [0.29, 0.717) is 36.5 Å². The van der Waals surface area contributed by atoms with Crippen LogP contribution in [0.3, 0.4) is 0 Å². The van der Waals surface area contributed by atoms with Gasteiger partial charge in [-0.05, 0) is 53.6 Å². The second-order valence-corrected chi connectivity index (χ2v) is 6.18. The molecule has 0 bridgehead atoms. The summed E-state index contributed by atoms with van der Waals surface area (Å²) in [6.45, 7) is 0.941. The fourth-order valence-electron chi connectivity index (χ4n) is 2.16. The molecule has 2 rings (SSSR count). The molecule has 1 amide bonds. The Labute approximate surface area is 129 Å². The maximum absolute atomic E-state index is 12.3. The number of hydrogen-bond donors (Lipinski definition) is 1. The number of piperidine rings is 1. The largest absolute Gasteiger partial charge is 0.481 e. The first-order valence-electron chi connectivity index (χ1n) is 5.96. The molecule has 4 nitrogen and oxygen atoms in total. The van der Waals surface area contributed by atoms with Gasteiger partial charge in [-0.15, -0.1) is 0 Å². The molecule has 0 aliphatic carbocycles. The third-order valence-corrected chi connectivity index (χ3v) is 4.28. The second kappa shape index (κ2) is 6.09. The van der Waals surface area contributed by atoms with Crippen LogP contribution >= 0.6 is 34.2 Å².